The summed E-state index contributed by atoms with van der Waals surface area (Å²) in [6, 6.07) is 10.3. The van der Waals surface area contributed by atoms with Crippen LogP contribution in [-0.4, -0.2) is 30.6 Å². The van der Waals surface area contributed by atoms with E-state index in [-0.39, 0.29) is 0 Å². The molecule has 1 fully saturated rings. The van der Waals surface area contributed by atoms with Crippen molar-refractivity contribution in [3.8, 4) is 11.8 Å². The van der Waals surface area contributed by atoms with Gasteiger partial charge in [0, 0.05) is 12.6 Å². The fraction of sp³-hybridized carbons (Fsp3) is 0.588. The molecule has 0 radical (unpaired) electrons. The Morgan fingerprint density at radius 1 is 1.35 bits per heavy atom. The lowest BCUT2D eigenvalue weighted by molar-refractivity contribution is 0.194. The summed E-state index contributed by atoms with van der Waals surface area (Å²) >= 11 is 0. The molecule has 0 spiro atoms. The molecule has 1 saturated carbocycles. The summed E-state index contributed by atoms with van der Waals surface area (Å²) in [4.78, 5) is 2.55. The lowest BCUT2D eigenvalue weighted by Gasteiger charge is -2.23. The van der Waals surface area contributed by atoms with Crippen LogP contribution in [0.5, 0.6) is 5.75 Å². The third-order valence-electron chi connectivity index (χ3n) is 3.67. The highest BCUT2D eigenvalue weighted by atomic mass is 16.5. The van der Waals surface area contributed by atoms with Crippen LogP contribution in [0, 0.1) is 17.2 Å². The molecule has 0 amide bonds. The van der Waals surface area contributed by atoms with Gasteiger partial charge in [0.1, 0.15) is 12.4 Å². The van der Waals surface area contributed by atoms with Gasteiger partial charge >= 0.3 is 0 Å². The molecule has 0 bridgehead atoms. The average Bonchev–Trinajstić information content (AvgIpc) is 3.27. The van der Waals surface area contributed by atoms with Crippen molar-refractivity contribution < 1.29 is 4.74 Å². The Labute approximate surface area is 122 Å². The number of hydrogen-bond donors (Lipinski definition) is 0. The average molecular weight is 272 g/mol. The van der Waals surface area contributed by atoms with Crippen molar-refractivity contribution in [2.45, 2.75) is 39.2 Å². The van der Waals surface area contributed by atoms with Crippen molar-refractivity contribution in [2.75, 3.05) is 19.7 Å². The maximum Gasteiger partial charge on any atom is 0.120 e. The van der Waals surface area contributed by atoms with Crippen LogP contribution in [0.3, 0.4) is 0 Å². The van der Waals surface area contributed by atoms with E-state index in [1.54, 1.807) is 12.1 Å². The summed E-state index contributed by atoms with van der Waals surface area (Å²) in [5, 5.41) is 8.86. The SMILES string of the molecule is CC(C)CCN(CCOc1cccc(C#N)c1)C1CC1. The summed E-state index contributed by atoms with van der Waals surface area (Å²) in [6.07, 6.45) is 3.92. The number of nitrogens with zero attached hydrogens (tertiary/aromatic N) is 2. The van der Waals surface area contributed by atoms with Crippen LogP contribution in [0.4, 0.5) is 0 Å². The third kappa shape index (κ3) is 4.86. The fourth-order valence-corrected chi connectivity index (χ4v) is 2.28. The molecule has 0 saturated heterocycles. The Balaban J connectivity index is 1.76. The lowest BCUT2D eigenvalue weighted by atomic mass is 10.1. The molecule has 1 aliphatic carbocycles. The van der Waals surface area contributed by atoms with E-state index in [4.69, 9.17) is 10.00 Å². The molecule has 3 nitrogen and oxygen atoms in total. The summed E-state index contributed by atoms with van der Waals surface area (Å²) in [5.74, 6) is 1.55. The zero-order chi connectivity index (χ0) is 14.4. The Kier molecular flexibility index (Phi) is 5.43. The first-order valence-electron chi connectivity index (χ1n) is 7.56. The van der Waals surface area contributed by atoms with E-state index in [9.17, 15) is 0 Å². The summed E-state index contributed by atoms with van der Waals surface area (Å²) in [5.41, 5.74) is 0.654. The van der Waals surface area contributed by atoms with Crippen molar-refractivity contribution in [3.05, 3.63) is 29.8 Å². The van der Waals surface area contributed by atoms with Crippen molar-refractivity contribution >= 4 is 0 Å². The first-order valence-corrected chi connectivity index (χ1v) is 7.56. The fourth-order valence-electron chi connectivity index (χ4n) is 2.28. The minimum Gasteiger partial charge on any atom is -0.492 e. The number of benzene rings is 1. The molecule has 0 atom stereocenters. The molecule has 1 aromatic carbocycles. The maximum absolute atomic E-state index is 8.86. The molecule has 0 aromatic heterocycles. The minimum atomic E-state index is 0.654. The van der Waals surface area contributed by atoms with Gasteiger partial charge in [-0.15, -0.1) is 0 Å². The predicted molar refractivity (Wildman–Crippen MR) is 80.7 cm³/mol. The second kappa shape index (κ2) is 7.31. The molecule has 0 heterocycles. The molecule has 1 aliphatic rings. The van der Waals surface area contributed by atoms with Gasteiger partial charge in [-0.3, -0.25) is 4.90 Å². The van der Waals surface area contributed by atoms with Crippen LogP contribution in [-0.2, 0) is 0 Å². The van der Waals surface area contributed by atoms with E-state index in [0.29, 0.717) is 12.2 Å². The van der Waals surface area contributed by atoms with Gasteiger partial charge < -0.3 is 4.74 Å². The summed E-state index contributed by atoms with van der Waals surface area (Å²) < 4.78 is 5.77. The number of ether oxygens (including phenoxy) is 1. The van der Waals surface area contributed by atoms with Crippen molar-refractivity contribution in [1.29, 1.82) is 5.26 Å². The van der Waals surface area contributed by atoms with Crippen LogP contribution in [0.1, 0.15) is 38.7 Å². The molecule has 0 N–H and O–H groups in total. The zero-order valence-electron chi connectivity index (χ0n) is 12.5. The van der Waals surface area contributed by atoms with E-state index >= 15 is 0 Å². The zero-order valence-corrected chi connectivity index (χ0v) is 12.5. The first kappa shape index (κ1) is 14.9. The molecule has 1 aromatic rings. The Hall–Kier alpha value is -1.53. The largest absolute Gasteiger partial charge is 0.492 e. The van der Waals surface area contributed by atoms with E-state index in [0.717, 1.165) is 24.3 Å². The Morgan fingerprint density at radius 3 is 2.80 bits per heavy atom. The Bertz CT molecular complexity index is 460. The van der Waals surface area contributed by atoms with E-state index in [1.807, 2.05) is 12.1 Å². The van der Waals surface area contributed by atoms with E-state index < -0.39 is 0 Å². The van der Waals surface area contributed by atoms with Crippen molar-refractivity contribution in [3.63, 3.8) is 0 Å². The van der Waals surface area contributed by atoms with Crippen LogP contribution < -0.4 is 4.74 Å². The predicted octanol–water partition coefficient (Wildman–Crippen LogP) is 3.45. The smallest absolute Gasteiger partial charge is 0.120 e. The van der Waals surface area contributed by atoms with E-state index in [1.165, 1.54) is 25.8 Å². The second-order valence-corrected chi connectivity index (χ2v) is 5.94. The maximum atomic E-state index is 8.86. The van der Waals surface area contributed by atoms with E-state index in [2.05, 4.69) is 24.8 Å². The highest BCUT2D eigenvalue weighted by Crippen LogP contribution is 2.27. The van der Waals surface area contributed by atoms with Gasteiger partial charge in [-0.25, -0.2) is 0 Å². The summed E-state index contributed by atoms with van der Waals surface area (Å²) in [7, 11) is 0. The van der Waals surface area contributed by atoms with Crippen molar-refractivity contribution in [2.24, 2.45) is 5.92 Å². The van der Waals surface area contributed by atoms with Gasteiger partial charge in [0.15, 0.2) is 0 Å². The van der Waals surface area contributed by atoms with Crippen LogP contribution >= 0.6 is 0 Å². The molecule has 0 aliphatic heterocycles. The number of rotatable bonds is 8. The van der Waals surface area contributed by atoms with Crippen LogP contribution in [0.25, 0.3) is 0 Å². The van der Waals surface area contributed by atoms with Gasteiger partial charge in [0.25, 0.3) is 0 Å². The molecule has 108 valence electrons. The molecular formula is C17H24N2O. The second-order valence-electron chi connectivity index (χ2n) is 5.94. The quantitative estimate of drug-likeness (QED) is 0.727. The molecular weight excluding hydrogens is 248 g/mol. The normalized spacial score (nSPS) is 14.6. The van der Waals surface area contributed by atoms with Crippen LogP contribution in [0.15, 0.2) is 24.3 Å². The van der Waals surface area contributed by atoms with Gasteiger partial charge in [-0.2, -0.15) is 5.26 Å². The van der Waals surface area contributed by atoms with Gasteiger partial charge in [0.05, 0.1) is 11.6 Å². The number of hydrogen-bond acceptors (Lipinski definition) is 3. The standard InChI is InChI=1S/C17H24N2O/c1-14(2)8-9-19(16-6-7-16)10-11-20-17-5-3-4-15(12-17)13-18/h3-5,12,14,16H,6-11H2,1-2H3. The monoisotopic (exact) mass is 272 g/mol. The Morgan fingerprint density at radius 2 is 2.15 bits per heavy atom. The molecule has 20 heavy (non-hydrogen) atoms. The highest BCUT2D eigenvalue weighted by molar-refractivity contribution is 5.36. The van der Waals surface area contributed by atoms with Gasteiger partial charge in [0.2, 0.25) is 0 Å². The lowest BCUT2D eigenvalue weighted by Crippen LogP contribution is -2.32. The highest BCUT2D eigenvalue weighted by Gasteiger charge is 2.28. The topological polar surface area (TPSA) is 36.3 Å². The summed E-state index contributed by atoms with van der Waals surface area (Å²) in [6.45, 7) is 7.39. The number of nitriles is 1. The third-order valence-corrected chi connectivity index (χ3v) is 3.67. The molecule has 3 heteroatoms. The molecule has 2 rings (SSSR count). The van der Waals surface area contributed by atoms with Gasteiger partial charge in [-0.1, -0.05) is 19.9 Å². The van der Waals surface area contributed by atoms with Crippen LogP contribution in [0.2, 0.25) is 0 Å². The first-order chi connectivity index (χ1) is 9.69. The van der Waals surface area contributed by atoms with Gasteiger partial charge in [-0.05, 0) is 49.9 Å². The van der Waals surface area contributed by atoms with Crippen molar-refractivity contribution in [1.82, 2.24) is 4.90 Å². The molecule has 0 unspecified atom stereocenters. The minimum absolute atomic E-state index is 0.654.